The fourth-order valence-corrected chi connectivity index (χ4v) is 5.57. The lowest BCUT2D eigenvalue weighted by molar-refractivity contribution is 0.771. The number of fused-ring (bicyclic) bond motifs is 7. The molecule has 0 bridgehead atoms. The van der Waals surface area contributed by atoms with Crippen molar-refractivity contribution in [3.05, 3.63) is 121 Å². The average Bonchev–Trinajstić information content (AvgIpc) is 3.52. The molecule has 4 heteroatoms. The molecule has 0 saturated carbocycles. The predicted octanol–water partition coefficient (Wildman–Crippen LogP) is 7.82. The molecule has 168 valence electrons. The van der Waals surface area contributed by atoms with Gasteiger partial charge in [-0.15, -0.1) is 15.0 Å². The highest BCUT2D eigenvalue weighted by Gasteiger charge is 2.16. The molecule has 0 atom stereocenters. The molecule has 6 aromatic carbocycles. The normalized spacial score (nSPS) is 11.9. The summed E-state index contributed by atoms with van der Waals surface area (Å²) in [5, 5.41) is 16.9. The van der Waals surface area contributed by atoms with E-state index in [1.54, 1.807) is 4.80 Å². The summed E-state index contributed by atoms with van der Waals surface area (Å²) < 4.78 is 2.37. The number of rotatable bonds is 2. The Kier molecular flexibility index (Phi) is 3.91. The Morgan fingerprint density at radius 2 is 0.972 bits per heavy atom. The molecule has 0 amide bonds. The summed E-state index contributed by atoms with van der Waals surface area (Å²) in [4.78, 5) is 1.79. The van der Waals surface area contributed by atoms with E-state index in [1.807, 2.05) is 0 Å². The molecule has 8 aromatic rings. The van der Waals surface area contributed by atoms with E-state index >= 15 is 0 Å². The van der Waals surface area contributed by atoms with E-state index in [1.165, 1.54) is 27.2 Å². The second-order valence-electron chi connectivity index (χ2n) is 9.16. The van der Waals surface area contributed by atoms with Gasteiger partial charge in [-0.05, 0) is 35.7 Å². The van der Waals surface area contributed by atoms with Gasteiger partial charge >= 0.3 is 0 Å². The highest BCUT2D eigenvalue weighted by molar-refractivity contribution is 6.11. The van der Waals surface area contributed by atoms with Gasteiger partial charge in [-0.1, -0.05) is 91.0 Å². The summed E-state index contributed by atoms with van der Waals surface area (Å²) in [5.74, 6) is 0. The van der Waals surface area contributed by atoms with Crippen LogP contribution in [0.4, 0.5) is 0 Å². The molecule has 0 aliphatic carbocycles. The van der Waals surface area contributed by atoms with Crippen LogP contribution in [0.3, 0.4) is 0 Å². The fraction of sp³-hybridized carbons (Fsp3) is 0. The molecule has 0 N–H and O–H groups in total. The van der Waals surface area contributed by atoms with Crippen molar-refractivity contribution in [1.82, 2.24) is 19.6 Å². The van der Waals surface area contributed by atoms with Gasteiger partial charge in [-0.2, -0.15) is 0 Å². The molecule has 8 rings (SSSR count). The molecule has 0 unspecified atom stereocenters. The van der Waals surface area contributed by atoms with Crippen molar-refractivity contribution in [3.63, 3.8) is 0 Å². The summed E-state index contributed by atoms with van der Waals surface area (Å²) in [6.07, 6.45) is 0. The molecule has 0 fully saturated rings. The molecule has 0 aliphatic rings. The van der Waals surface area contributed by atoms with Gasteiger partial charge in [0.1, 0.15) is 11.0 Å². The van der Waals surface area contributed by atoms with Gasteiger partial charge in [0.25, 0.3) is 0 Å². The van der Waals surface area contributed by atoms with E-state index in [-0.39, 0.29) is 0 Å². The first-order valence-electron chi connectivity index (χ1n) is 12.1. The lowest BCUT2D eigenvalue weighted by Gasteiger charge is -2.14. The third-order valence-corrected chi connectivity index (χ3v) is 7.19. The Hall–Kier alpha value is -4.96. The van der Waals surface area contributed by atoms with Crippen LogP contribution < -0.4 is 0 Å². The summed E-state index contributed by atoms with van der Waals surface area (Å²) in [5.41, 5.74) is 6.33. The molecule has 2 aromatic heterocycles. The lowest BCUT2D eigenvalue weighted by atomic mass is 10.1. The quantitative estimate of drug-likeness (QED) is 0.264. The standard InChI is InChI=1S/C32H20N4/c1-2-10-22-21(9-1)17-18-27-32(22)34-36(33-27)31-20-19-30(25-11-3-4-14-26(25)31)35-28-15-7-5-12-23(28)24-13-6-8-16-29(24)35/h1-20H. The minimum Gasteiger partial charge on any atom is -0.309 e. The van der Waals surface area contributed by atoms with Gasteiger partial charge < -0.3 is 4.57 Å². The summed E-state index contributed by atoms with van der Waals surface area (Å²) >= 11 is 0. The molecule has 0 radical (unpaired) electrons. The molecule has 4 nitrogen and oxygen atoms in total. The number of aromatic nitrogens is 4. The number of benzene rings is 6. The van der Waals surface area contributed by atoms with Gasteiger partial charge in [0.15, 0.2) is 0 Å². The van der Waals surface area contributed by atoms with Crippen LogP contribution in [0.25, 0.3) is 65.8 Å². The predicted molar refractivity (Wildman–Crippen MR) is 148 cm³/mol. The van der Waals surface area contributed by atoms with E-state index in [0.717, 1.165) is 38.6 Å². The van der Waals surface area contributed by atoms with Crippen LogP contribution in [0.1, 0.15) is 0 Å². The van der Waals surface area contributed by atoms with Gasteiger partial charge in [0.05, 0.1) is 22.4 Å². The van der Waals surface area contributed by atoms with Crippen LogP contribution in [0, 0.1) is 0 Å². The van der Waals surface area contributed by atoms with Gasteiger partial charge in [0.2, 0.25) is 0 Å². The van der Waals surface area contributed by atoms with Crippen molar-refractivity contribution in [2.45, 2.75) is 0 Å². The maximum Gasteiger partial charge on any atom is 0.121 e. The molecule has 0 aliphatic heterocycles. The van der Waals surface area contributed by atoms with E-state index in [9.17, 15) is 0 Å². The van der Waals surface area contributed by atoms with Crippen LogP contribution in [-0.4, -0.2) is 19.6 Å². The number of hydrogen-bond donors (Lipinski definition) is 0. The van der Waals surface area contributed by atoms with Crippen LogP contribution in [-0.2, 0) is 0 Å². The largest absolute Gasteiger partial charge is 0.309 e. The Morgan fingerprint density at radius 3 is 1.69 bits per heavy atom. The van der Waals surface area contributed by atoms with Crippen LogP contribution in [0.15, 0.2) is 121 Å². The van der Waals surface area contributed by atoms with Crippen molar-refractivity contribution in [2.24, 2.45) is 0 Å². The Balaban J connectivity index is 1.42. The lowest BCUT2D eigenvalue weighted by Crippen LogP contribution is -2.02. The Morgan fingerprint density at radius 1 is 0.417 bits per heavy atom. The van der Waals surface area contributed by atoms with Crippen LogP contribution >= 0.6 is 0 Å². The molecular formula is C32H20N4. The number of hydrogen-bond acceptors (Lipinski definition) is 2. The maximum atomic E-state index is 4.95. The monoisotopic (exact) mass is 460 g/mol. The third-order valence-electron chi connectivity index (χ3n) is 7.19. The van der Waals surface area contributed by atoms with Gasteiger partial charge in [-0.25, -0.2) is 0 Å². The first kappa shape index (κ1) is 19.4. The second kappa shape index (κ2) is 7.27. The van der Waals surface area contributed by atoms with Crippen LogP contribution in [0.5, 0.6) is 0 Å². The Labute approximate surface area is 206 Å². The summed E-state index contributed by atoms with van der Waals surface area (Å²) in [7, 11) is 0. The van der Waals surface area contributed by atoms with Crippen molar-refractivity contribution < 1.29 is 0 Å². The van der Waals surface area contributed by atoms with Crippen molar-refractivity contribution in [3.8, 4) is 11.4 Å². The first-order valence-corrected chi connectivity index (χ1v) is 12.1. The smallest absolute Gasteiger partial charge is 0.121 e. The average molecular weight is 461 g/mol. The van der Waals surface area contributed by atoms with Gasteiger partial charge in [0, 0.05) is 26.9 Å². The Bertz CT molecular complexity index is 2060. The minimum atomic E-state index is 0.893. The van der Waals surface area contributed by atoms with E-state index in [4.69, 9.17) is 10.2 Å². The van der Waals surface area contributed by atoms with E-state index in [2.05, 4.69) is 126 Å². The van der Waals surface area contributed by atoms with Crippen molar-refractivity contribution >= 4 is 54.4 Å². The number of para-hydroxylation sites is 2. The second-order valence-corrected chi connectivity index (χ2v) is 9.16. The maximum absolute atomic E-state index is 4.95. The molecule has 2 heterocycles. The summed E-state index contributed by atoms with van der Waals surface area (Å²) in [6, 6.07) is 42.6. The van der Waals surface area contributed by atoms with E-state index < -0.39 is 0 Å². The van der Waals surface area contributed by atoms with Gasteiger partial charge in [-0.3, -0.25) is 0 Å². The highest BCUT2D eigenvalue weighted by atomic mass is 15.5. The number of nitrogens with zero attached hydrogens (tertiary/aromatic N) is 4. The zero-order valence-electron chi connectivity index (χ0n) is 19.3. The fourth-order valence-electron chi connectivity index (χ4n) is 5.57. The molecule has 0 spiro atoms. The molecular weight excluding hydrogens is 440 g/mol. The summed E-state index contributed by atoms with van der Waals surface area (Å²) in [6.45, 7) is 0. The SMILES string of the molecule is c1ccc2c(c1)ccc1nn(-c3ccc(-n4c5ccccc5c5ccccc54)c4ccccc34)nc12. The molecule has 36 heavy (non-hydrogen) atoms. The zero-order valence-corrected chi connectivity index (χ0v) is 19.3. The first-order chi connectivity index (χ1) is 17.9. The zero-order chi connectivity index (χ0) is 23.6. The molecule has 0 saturated heterocycles. The van der Waals surface area contributed by atoms with Crippen molar-refractivity contribution in [2.75, 3.05) is 0 Å². The topological polar surface area (TPSA) is 35.6 Å². The minimum absolute atomic E-state index is 0.893. The van der Waals surface area contributed by atoms with Crippen LogP contribution in [0.2, 0.25) is 0 Å². The third kappa shape index (κ3) is 2.64. The van der Waals surface area contributed by atoms with Crippen molar-refractivity contribution in [1.29, 1.82) is 0 Å². The highest BCUT2D eigenvalue weighted by Crippen LogP contribution is 2.36. The van der Waals surface area contributed by atoms with E-state index in [0.29, 0.717) is 0 Å².